The molecule has 0 bridgehead atoms. The van der Waals surface area contributed by atoms with Crippen LogP contribution < -0.4 is 15.6 Å². The molecule has 0 spiro atoms. The first kappa shape index (κ1) is 22.8. The number of halogens is 1. The zero-order valence-corrected chi connectivity index (χ0v) is 19.4. The fourth-order valence-corrected chi connectivity index (χ4v) is 5.98. The number of carboxylic acids is 1. The Morgan fingerprint density at radius 3 is 2.52 bits per heavy atom. The van der Waals surface area contributed by atoms with Gasteiger partial charge in [0.25, 0.3) is 15.6 Å². The first-order chi connectivity index (χ1) is 15.7. The number of nitrogens with one attached hydrogen (secondary N) is 1. The summed E-state index contributed by atoms with van der Waals surface area (Å²) in [6.45, 7) is 1.81. The van der Waals surface area contributed by atoms with Crippen LogP contribution in [0.3, 0.4) is 0 Å². The maximum atomic E-state index is 13.4. The number of H-pyrrole nitrogens is 1. The highest BCUT2D eigenvalue weighted by Crippen LogP contribution is 2.28. The Labute approximate surface area is 196 Å². The van der Waals surface area contributed by atoms with Gasteiger partial charge in [-0.2, -0.15) is 0 Å². The van der Waals surface area contributed by atoms with E-state index in [2.05, 4.69) is 4.98 Å². The highest BCUT2D eigenvalue weighted by atomic mass is 35.5. The number of carbonyl (C=O) groups is 1. The van der Waals surface area contributed by atoms with Gasteiger partial charge >= 0.3 is 11.7 Å². The van der Waals surface area contributed by atoms with Crippen LogP contribution in [0, 0.1) is 0 Å². The molecule has 0 unspecified atom stereocenters. The van der Waals surface area contributed by atoms with Gasteiger partial charge in [0.15, 0.2) is 0 Å². The third kappa shape index (κ3) is 3.84. The minimum Gasteiger partial charge on any atom is -0.477 e. The summed E-state index contributed by atoms with van der Waals surface area (Å²) < 4.78 is 28.6. The van der Waals surface area contributed by atoms with E-state index < -0.39 is 27.2 Å². The Balaban J connectivity index is 1.95. The molecule has 0 atom stereocenters. The summed E-state index contributed by atoms with van der Waals surface area (Å²) in [5, 5.41) is 10.5. The van der Waals surface area contributed by atoms with Crippen molar-refractivity contribution < 1.29 is 18.3 Å². The van der Waals surface area contributed by atoms with Crippen molar-refractivity contribution in [2.75, 3.05) is 10.8 Å². The Morgan fingerprint density at radius 2 is 1.88 bits per heavy atom. The van der Waals surface area contributed by atoms with Gasteiger partial charge in [-0.3, -0.25) is 9.10 Å². The summed E-state index contributed by atoms with van der Waals surface area (Å²) in [4.78, 5) is 39.4. The van der Waals surface area contributed by atoms with E-state index in [-0.39, 0.29) is 37.9 Å². The van der Waals surface area contributed by atoms with E-state index in [1.807, 2.05) is 0 Å². The number of carboxylic acid groups (broad SMARTS) is 1. The standard InChI is InChI=1S/C21H16ClN3O6S2/c1-2-24(12-6-4-3-5-7-12)33(30,31)13-8-9-14(22)16(10-13)25-19(26)17-15(23-21(25)29)11-32-18(17)20(27)28/h3-11H,2H2,1H3,(H,23,29)(H,27,28). The van der Waals surface area contributed by atoms with Crippen molar-refractivity contribution in [3.05, 3.63) is 84.6 Å². The number of aromatic carboxylic acids is 1. The average molecular weight is 506 g/mol. The van der Waals surface area contributed by atoms with Crippen molar-refractivity contribution in [2.24, 2.45) is 0 Å². The number of rotatable bonds is 6. The molecule has 170 valence electrons. The average Bonchev–Trinajstić information content (AvgIpc) is 3.20. The van der Waals surface area contributed by atoms with E-state index in [9.17, 15) is 27.9 Å². The molecule has 4 rings (SSSR count). The Kier molecular flexibility index (Phi) is 5.87. The molecule has 4 aromatic rings. The molecule has 2 aromatic carbocycles. The van der Waals surface area contributed by atoms with Gasteiger partial charge in [-0.15, -0.1) is 11.3 Å². The van der Waals surface area contributed by atoms with E-state index in [1.165, 1.54) is 21.8 Å². The third-order valence-corrected chi connectivity index (χ3v) is 8.11. The molecule has 2 N–H and O–H groups in total. The lowest BCUT2D eigenvalue weighted by molar-refractivity contribution is 0.0704. The van der Waals surface area contributed by atoms with Gasteiger partial charge in [0.05, 0.1) is 32.2 Å². The smallest absolute Gasteiger partial charge is 0.346 e. The number of hydrogen-bond acceptors (Lipinski definition) is 6. The quantitative estimate of drug-likeness (QED) is 0.413. The highest BCUT2D eigenvalue weighted by molar-refractivity contribution is 7.92. The second kappa shape index (κ2) is 8.50. The van der Waals surface area contributed by atoms with Crippen molar-refractivity contribution in [2.45, 2.75) is 11.8 Å². The van der Waals surface area contributed by atoms with E-state index in [4.69, 9.17) is 11.6 Å². The molecular formula is C21H16ClN3O6S2. The molecule has 0 radical (unpaired) electrons. The van der Waals surface area contributed by atoms with E-state index >= 15 is 0 Å². The van der Waals surface area contributed by atoms with Gasteiger partial charge < -0.3 is 10.1 Å². The van der Waals surface area contributed by atoms with Crippen molar-refractivity contribution in [1.29, 1.82) is 0 Å². The molecule has 2 heterocycles. The van der Waals surface area contributed by atoms with E-state index in [0.717, 1.165) is 17.4 Å². The fraction of sp³-hybridized carbons (Fsp3) is 0.0952. The Hall–Kier alpha value is -3.41. The van der Waals surface area contributed by atoms with E-state index in [0.29, 0.717) is 10.3 Å². The predicted octanol–water partition coefficient (Wildman–Crippen LogP) is 3.31. The molecule has 0 amide bonds. The van der Waals surface area contributed by atoms with Crippen LogP contribution in [0.1, 0.15) is 16.6 Å². The lowest BCUT2D eigenvalue weighted by atomic mass is 10.2. The number of aromatic nitrogens is 2. The number of aromatic amines is 1. The summed E-state index contributed by atoms with van der Waals surface area (Å²) in [6.07, 6.45) is 0. The minimum atomic E-state index is -4.08. The molecular weight excluding hydrogens is 490 g/mol. The van der Waals surface area contributed by atoms with Crippen LogP contribution in [-0.2, 0) is 10.0 Å². The largest absolute Gasteiger partial charge is 0.477 e. The molecule has 0 saturated carbocycles. The van der Waals surface area contributed by atoms with Gasteiger partial charge in [-0.05, 0) is 37.3 Å². The fourth-order valence-electron chi connectivity index (χ4n) is 3.45. The first-order valence-electron chi connectivity index (χ1n) is 9.54. The number of thiophene rings is 1. The van der Waals surface area contributed by atoms with Crippen molar-refractivity contribution in [3.8, 4) is 5.69 Å². The molecule has 0 fully saturated rings. The molecule has 2 aromatic heterocycles. The number of sulfonamides is 1. The lowest BCUT2D eigenvalue weighted by Crippen LogP contribution is -2.34. The van der Waals surface area contributed by atoms with Crippen LogP contribution >= 0.6 is 22.9 Å². The second-order valence-electron chi connectivity index (χ2n) is 6.85. The number of fused-ring (bicyclic) bond motifs is 1. The maximum Gasteiger partial charge on any atom is 0.346 e. The Morgan fingerprint density at radius 1 is 1.18 bits per heavy atom. The number of para-hydroxylation sites is 1. The molecule has 33 heavy (non-hydrogen) atoms. The summed E-state index contributed by atoms with van der Waals surface area (Å²) in [5.74, 6) is -1.32. The van der Waals surface area contributed by atoms with Crippen molar-refractivity contribution in [3.63, 3.8) is 0 Å². The monoisotopic (exact) mass is 505 g/mol. The summed E-state index contributed by atoms with van der Waals surface area (Å²) in [5.41, 5.74) is -1.46. The summed E-state index contributed by atoms with van der Waals surface area (Å²) in [7, 11) is -4.08. The molecule has 0 saturated heterocycles. The second-order valence-corrected chi connectivity index (χ2v) is 10.00. The number of nitrogens with zero attached hydrogens (tertiary/aromatic N) is 2. The van der Waals surface area contributed by atoms with E-state index in [1.54, 1.807) is 37.3 Å². The highest BCUT2D eigenvalue weighted by Gasteiger charge is 2.26. The topological polar surface area (TPSA) is 130 Å². The lowest BCUT2D eigenvalue weighted by Gasteiger charge is -2.23. The van der Waals surface area contributed by atoms with Crippen LogP contribution in [0.15, 0.2) is 68.4 Å². The van der Waals surface area contributed by atoms with Crippen molar-refractivity contribution >= 4 is 55.5 Å². The van der Waals surface area contributed by atoms with Gasteiger partial charge in [-0.25, -0.2) is 22.6 Å². The first-order valence-corrected chi connectivity index (χ1v) is 12.2. The van der Waals surface area contributed by atoms with Gasteiger partial charge in [0, 0.05) is 11.9 Å². The predicted molar refractivity (Wildman–Crippen MR) is 127 cm³/mol. The van der Waals surface area contributed by atoms with Gasteiger partial charge in [0.2, 0.25) is 0 Å². The SMILES string of the molecule is CCN(c1ccccc1)S(=O)(=O)c1ccc(Cl)c(-n2c(=O)[nH]c3csc(C(=O)O)c3c2=O)c1. The molecule has 9 nitrogen and oxygen atoms in total. The van der Waals surface area contributed by atoms with Gasteiger partial charge in [0.1, 0.15) is 4.88 Å². The molecule has 0 aliphatic carbocycles. The minimum absolute atomic E-state index is 0.0595. The van der Waals surface area contributed by atoms with Crippen LogP contribution in [0.25, 0.3) is 16.6 Å². The summed E-state index contributed by atoms with van der Waals surface area (Å²) >= 11 is 7.04. The molecule has 12 heteroatoms. The Bertz CT molecular complexity index is 1610. The number of hydrogen-bond donors (Lipinski definition) is 2. The number of benzene rings is 2. The van der Waals surface area contributed by atoms with Crippen LogP contribution in [0.4, 0.5) is 5.69 Å². The third-order valence-electron chi connectivity index (χ3n) is 4.92. The van der Waals surface area contributed by atoms with Crippen molar-refractivity contribution in [1.82, 2.24) is 9.55 Å². The van der Waals surface area contributed by atoms with Crippen LogP contribution in [0.2, 0.25) is 5.02 Å². The maximum absolute atomic E-state index is 13.4. The normalized spacial score (nSPS) is 11.6. The zero-order valence-electron chi connectivity index (χ0n) is 17.0. The molecule has 0 aliphatic heterocycles. The van der Waals surface area contributed by atoms with Gasteiger partial charge in [-0.1, -0.05) is 29.8 Å². The van der Waals surface area contributed by atoms with Crippen LogP contribution in [0.5, 0.6) is 0 Å². The summed E-state index contributed by atoms with van der Waals surface area (Å²) in [6, 6.07) is 12.1. The van der Waals surface area contributed by atoms with Crippen LogP contribution in [-0.4, -0.2) is 35.6 Å². The number of anilines is 1. The zero-order chi connectivity index (χ0) is 23.9. The molecule has 0 aliphatic rings.